The van der Waals surface area contributed by atoms with Gasteiger partial charge in [-0.15, -0.1) is 0 Å². The van der Waals surface area contributed by atoms with Gasteiger partial charge in [0.05, 0.1) is 12.2 Å². The summed E-state index contributed by atoms with van der Waals surface area (Å²) in [7, 11) is 0. The third-order valence-electron chi connectivity index (χ3n) is 4.08. The zero-order valence-corrected chi connectivity index (χ0v) is 13.3. The van der Waals surface area contributed by atoms with Crippen molar-refractivity contribution in [3.05, 3.63) is 59.2 Å². The quantitative estimate of drug-likeness (QED) is 0.897. The maximum absolute atomic E-state index is 13.2. The summed E-state index contributed by atoms with van der Waals surface area (Å²) in [5, 5.41) is 12.4. The van der Waals surface area contributed by atoms with Gasteiger partial charge in [-0.1, -0.05) is 12.1 Å². The van der Waals surface area contributed by atoms with Crippen LogP contribution in [0.2, 0.25) is 0 Å². The lowest BCUT2D eigenvalue weighted by Gasteiger charge is -2.30. The average Bonchev–Trinajstić information content (AvgIpc) is 2.61. The minimum atomic E-state index is -1.13. The molecule has 1 heterocycles. The van der Waals surface area contributed by atoms with Crippen molar-refractivity contribution in [1.82, 2.24) is 5.32 Å². The molecule has 2 N–H and O–H groups in total. The molecule has 130 valence electrons. The number of nitrogens with zero attached hydrogens (tertiary/aromatic N) is 1. The van der Waals surface area contributed by atoms with Gasteiger partial charge in [-0.25, -0.2) is 8.78 Å². The number of nitrogens with one attached hydrogen (secondary N) is 1. The number of anilines is 1. The summed E-state index contributed by atoms with van der Waals surface area (Å²) >= 11 is 0. The van der Waals surface area contributed by atoms with Crippen molar-refractivity contribution in [3.8, 4) is 5.75 Å². The van der Waals surface area contributed by atoms with Crippen molar-refractivity contribution in [3.63, 3.8) is 0 Å². The fraction of sp³-hybridized carbons (Fsp3) is 0.222. The molecule has 2 amide bonds. The lowest BCUT2D eigenvalue weighted by molar-refractivity contribution is -0.117. The Hall–Kier alpha value is -2.96. The standard InChI is InChI=1S/C18H16F2N2O3/c19-13-7-6-12(9-14(13)20)18(25)21-10-16(24)22-8-2-4-11-3-1-5-15(23)17(11)22/h1,3,5-7,9,23H,2,4,8,10H2,(H,21,25). The summed E-state index contributed by atoms with van der Waals surface area (Å²) < 4.78 is 26.1. The average molecular weight is 346 g/mol. The minimum Gasteiger partial charge on any atom is -0.506 e. The molecule has 0 spiro atoms. The van der Waals surface area contributed by atoms with E-state index in [0.717, 1.165) is 36.6 Å². The van der Waals surface area contributed by atoms with Gasteiger partial charge >= 0.3 is 0 Å². The molecule has 1 aliphatic rings. The van der Waals surface area contributed by atoms with E-state index in [1.54, 1.807) is 6.07 Å². The second-order valence-corrected chi connectivity index (χ2v) is 5.75. The van der Waals surface area contributed by atoms with Gasteiger partial charge in [0.15, 0.2) is 11.6 Å². The summed E-state index contributed by atoms with van der Waals surface area (Å²) in [6, 6.07) is 7.83. The highest BCUT2D eigenvalue weighted by Gasteiger charge is 2.25. The van der Waals surface area contributed by atoms with Crippen molar-refractivity contribution in [2.24, 2.45) is 0 Å². The number of rotatable bonds is 3. The predicted octanol–water partition coefficient (Wildman–Crippen LogP) is 2.38. The molecular formula is C18H16F2N2O3. The molecule has 7 heteroatoms. The number of benzene rings is 2. The molecular weight excluding hydrogens is 330 g/mol. The third-order valence-corrected chi connectivity index (χ3v) is 4.08. The van der Waals surface area contributed by atoms with Crippen LogP contribution in [0.25, 0.3) is 0 Å². The Morgan fingerprint density at radius 1 is 1.16 bits per heavy atom. The Balaban J connectivity index is 1.69. The zero-order valence-electron chi connectivity index (χ0n) is 13.3. The monoisotopic (exact) mass is 346 g/mol. The number of carbonyl (C=O) groups excluding carboxylic acids is 2. The van der Waals surface area contributed by atoms with E-state index in [4.69, 9.17) is 0 Å². The fourth-order valence-electron chi connectivity index (χ4n) is 2.87. The van der Waals surface area contributed by atoms with Gasteiger partial charge in [0.1, 0.15) is 5.75 Å². The summed E-state index contributed by atoms with van der Waals surface area (Å²) in [6.07, 6.45) is 1.51. The van der Waals surface area contributed by atoms with Crippen LogP contribution in [0.15, 0.2) is 36.4 Å². The number of hydrogen-bond donors (Lipinski definition) is 2. The number of phenolic OH excluding ortho intramolecular Hbond substituents is 1. The molecule has 0 radical (unpaired) electrons. The molecule has 2 aromatic carbocycles. The van der Waals surface area contributed by atoms with Crippen LogP contribution in [-0.4, -0.2) is 30.0 Å². The van der Waals surface area contributed by atoms with Crippen molar-refractivity contribution in [2.75, 3.05) is 18.0 Å². The SMILES string of the molecule is O=C(NCC(=O)N1CCCc2cccc(O)c21)c1ccc(F)c(F)c1. The smallest absolute Gasteiger partial charge is 0.251 e. The van der Waals surface area contributed by atoms with Crippen LogP contribution in [0.4, 0.5) is 14.5 Å². The van der Waals surface area contributed by atoms with E-state index in [9.17, 15) is 23.5 Å². The number of phenols is 1. The molecule has 0 saturated heterocycles. The Kier molecular flexibility index (Phi) is 4.65. The van der Waals surface area contributed by atoms with E-state index < -0.39 is 23.4 Å². The number of fused-ring (bicyclic) bond motifs is 1. The van der Waals surface area contributed by atoms with Crippen LogP contribution in [0.3, 0.4) is 0 Å². The number of amides is 2. The summed E-state index contributed by atoms with van der Waals surface area (Å²) in [5.41, 5.74) is 1.25. The van der Waals surface area contributed by atoms with Gasteiger partial charge in [0.2, 0.25) is 5.91 Å². The van der Waals surface area contributed by atoms with Gasteiger partial charge in [-0.3, -0.25) is 9.59 Å². The first-order valence-electron chi connectivity index (χ1n) is 7.82. The van der Waals surface area contributed by atoms with E-state index in [0.29, 0.717) is 12.2 Å². The Morgan fingerprint density at radius 3 is 2.72 bits per heavy atom. The number of aromatic hydroxyl groups is 1. The largest absolute Gasteiger partial charge is 0.506 e. The van der Waals surface area contributed by atoms with Crippen LogP contribution < -0.4 is 10.2 Å². The lowest BCUT2D eigenvalue weighted by Crippen LogP contribution is -2.42. The Labute approximate surface area is 142 Å². The van der Waals surface area contributed by atoms with Crippen LogP contribution in [0, 0.1) is 11.6 Å². The van der Waals surface area contributed by atoms with E-state index in [1.165, 1.54) is 11.0 Å². The fourth-order valence-corrected chi connectivity index (χ4v) is 2.87. The Bertz CT molecular complexity index is 839. The highest BCUT2D eigenvalue weighted by Crippen LogP contribution is 2.35. The highest BCUT2D eigenvalue weighted by molar-refractivity contribution is 6.01. The first-order valence-corrected chi connectivity index (χ1v) is 7.82. The van der Waals surface area contributed by atoms with Gasteiger partial charge in [0, 0.05) is 12.1 Å². The van der Waals surface area contributed by atoms with Crippen LogP contribution in [0.1, 0.15) is 22.3 Å². The number of para-hydroxylation sites is 1. The molecule has 5 nitrogen and oxygen atoms in total. The van der Waals surface area contributed by atoms with E-state index in [2.05, 4.69) is 5.32 Å². The first kappa shape index (κ1) is 16.9. The lowest BCUT2D eigenvalue weighted by atomic mass is 10.0. The maximum atomic E-state index is 13.2. The molecule has 0 aliphatic carbocycles. The number of aryl methyl sites for hydroxylation is 1. The van der Waals surface area contributed by atoms with Crippen molar-refractivity contribution >= 4 is 17.5 Å². The minimum absolute atomic E-state index is 0.0116. The third kappa shape index (κ3) is 3.45. The van der Waals surface area contributed by atoms with E-state index >= 15 is 0 Å². The first-order chi connectivity index (χ1) is 12.0. The maximum Gasteiger partial charge on any atom is 0.251 e. The number of carbonyl (C=O) groups is 2. The molecule has 0 aromatic heterocycles. The predicted molar refractivity (Wildman–Crippen MR) is 87.5 cm³/mol. The zero-order chi connectivity index (χ0) is 18.0. The molecule has 0 saturated carbocycles. The summed E-state index contributed by atoms with van der Waals surface area (Å²) in [6.45, 7) is 0.121. The summed E-state index contributed by atoms with van der Waals surface area (Å²) in [4.78, 5) is 25.9. The van der Waals surface area contributed by atoms with Crippen molar-refractivity contribution in [2.45, 2.75) is 12.8 Å². The van der Waals surface area contributed by atoms with Gasteiger partial charge in [-0.05, 0) is 42.7 Å². The summed E-state index contributed by atoms with van der Waals surface area (Å²) in [5.74, 6) is -3.24. The van der Waals surface area contributed by atoms with Gasteiger partial charge in [-0.2, -0.15) is 0 Å². The molecule has 0 fully saturated rings. The topological polar surface area (TPSA) is 69.6 Å². The van der Waals surface area contributed by atoms with Crippen LogP contribution in [0.5, 0.6) is 5.75 Å². The van der Waals surface area contributed by atoms with Gasteiger partial charge in [0.25, 0.3) is 5.91 Å². The highest BCUT2D eigenvalue weighted by atomic mass is 19.2. The number of hydrogen-bond acceptors (Lipinski definition) is 3. The molecule has 2 aromatic rings. The van der Waals surface area contributed by atoms with Crippen molar-refractivity contribution < 1.29 is 23.5 Å². The normalized spacial score (nSPS) is 13.3. The second-order valence-electron chi connectivity index (χ2n) is 5.75. The molecule has 0 atom stereocenters. The molecule has 3 rings (SSSR count). The second kappa shape index (κ2) is 6.88. The Morgan fingerprint density at radius 2 is 1.96 bits per heavy atom. The molecule has 0 bridgehead atoms. The van der Waals surface area contributed by atoms with E-state index in [-0.39, 0.29) is 17.9 Å². The number of halogens is 2. The van der Waals surface area contributed by atoms with E-state index in [1.807, 2.05) is 6.07 Å². The van der Waals surface area contributed by atoms with Gasteiger partial charge < -0.3 is 15.3 Å². The molecule has 1 aliphatic heterocycles. The van der Waals surface area contributed by atoms with Crippen LogP contribution >= 0.6 is 0 Å². The molecule has 0 unspecified atom stereocenters. The van der Waals surface area contributed by atoms with Crippen molar-refractivity contribution in [1.29, 1.82) is 0 Å². The van der Waals surface area contributed by atoms with Crippen LogP contribution in [-0.2, 0) is 11.2 Å². The molecule has 25 heavy (non-hydrogen) atoms.